The van der Waals surface area contributed by atoms with Crippen LogP contribution in [0.1, 0.15) is 32.1 Å². The minimum Gasteiger partial charge on any atom is -0.348 e. The summed E-state index contributed by atoms with van der Waals surface area (Å²) >= 11 is 5.25. The lowest BCUT2D eigenvalue weighted by atomic mass is 10.0. The van der Waals surface area contributed by atoms with Crippen molar-refractivity contribution in [1.29, 1.82) is 0 Å². The Bertz CT molecular complexity index is 645. The van der Waals surface area contributed by atoms with Gasteiger partial charge in [-0.2, -0.15) is 4.98 Å². The largest absolute Gasteiger partial charge is 0.348 e. The van der Waals surface area contributed by atoms with Gasteiger partial charge in [0.05, 0.1) is 4.70 Å². The predicted octanol–water partition coefficient (Wildman–Crippen LogP) is 3.91. The minimum atomic E-state index is 0.790. The summed E-state index contributed by atoms with van der Waals surface area (Å²) in [4.78, 5) is 14.3. The molecule has 0 N–H and O–H groups in total. The average Bonchev–Trinajstić information content (AvgIpc) is 2.99. The number of hydrogen-bond donors (Lipinski definition) is 0. The van der Waals surface area contributed by atoms with Gasteiger partial charge in [0.2, 0.25) is 0 Å². The van der Waals surface area contributed by atoms with E-state index in [-0.39, 0.29) is 0 Å². The topological polar surface area (TPSA) is 32.3 Å². The number of anilines is 1. The standard InChI is InChI=1S/C16H21BrN4S/c17-12-10-14-15(18-11-12)19-16(22-14)21-8-4-13(5-9-21)20-6-2-1-3-7-20/h10-11,13H,1-9H2. The fourth-order valence-electron chi connectivity index (χ4n) is 3.63. The first kappa shape index (κ1) is 14.8. The van der Waals surface area contributed by atoms with E-state index >= 15 is 0 Å². The molecular formula is C16H21BrN4S. The molecule has 2 aliphatic heterocycles. The van der Waals surface area contributed by atoms with Crippen LogP contribution in [0.5, 0.6) is 0 Å². The monoisotopic (exact) mass is 380 g/mol. The third-order valence-corrected chi connectivity index (χ3v) is 6.33. The van der Waals surface area contributed by atoms with Crippen LogP contribution in [0.25, 0.3) is 10.3 Å². The van der Waals surface area contributed by atoms with Gasteiger partial charge in [-0.25, -0.2) is 4.98 Å². The Morgan fingerprint density at radius 2 is 1.86 bits per heavy atom. The van der Waals surface area contributed by atoms with Gasteiger partial charge < -0.3 is 9.80 Å². The summed E-state index contributed by atoms with van der Waals surface area (Å²) in [5.74, 6) is 0. The maximum Gasteiger partial charge on any atom is 0.188 e. The molecule has 0 spiro atoms. The van der Waals surface area contributed by atoms with Crippen LogP contribution >= 0.6 is 27.3 Å². The van der Waals surface area contributed by atoms with Gasteiger partial charge in [-0.15, -0.1) is 0 Å². The molecule has 118 valence electrons. The van der Waals surface area contributed by atoms with Crippen LogP contribution in [-0.4, -0.2) is 47.1 Å². The van der Waals surface area contributed by atoms with Gasteiger partial charge in [0.15, 0.2) is 10.8 Å². The highest BCUT2D eigenvalue weighted by molar-refractivity contribution is 9.10. The lowest BCUT2D eigenvalue weighted by molar-refractivity contribution is 0.141. The van der Waals surface area contributed by atoms with Crippen LogP contribution < -0.4 is 4.90 Å². The van der Waals surface area contributed by atoms with E-state index in [4.69, 9.17) is 4.98 Å². The SMILES string of the molecule is Brc1cnc2nc(N3CCC(N4CCCCC4)CC3)sc2c1. The highest BCUT2D eigenvalue weighted by Gasteiger charge is 2.26. The number of halogens is 1. The van der Waals surface area contributed by atoms with Gasteiger partial charge in [0.25, 0.3) is 0 Å². The Morgan fingerprint density at radius 3 is 2.64 bits per heavy atom. The Balaban J connectivity index is 1.43. The van der Waals surface area contributed by atoms with E-state index in [9.17, 15) is 0 Å². The summed E-state index contributed by atoms with van der Waals surface area (Å²) in [6.07, 6.45) is 8.56. The van der Waals surface area contributed by atoms with E-state index in [1.807, 2.05) is 6.20 Å². The first-order valence-electron chi connectivity index (χ1n) is 8.21. The second-order valence-corrected chi connectivity index (χ2v) is 8.21. The van der Waals surface area contributed by atoms with Gasteiger partial charge in [0, 0.05) is 29.8 Å². The number of likely N-dealkylation sites (tertiary alicyclic amines) is 1. The highest BCUT2D eigenvalue weighted by atomic mass is 79.9. The highest BCUT2D eigenvalue weighted by Crippen LogP contribution is 2.32. The van der Waals surface area contributed by atoms with E-state index in [1.54, 1.807) is 11.3 Å². The van der Waals surface area contributed by atoms with E-state index in [0.29, 0.717) is 0 Å². The molecule has 0 amide bonds. The second kappa shape index (κ2) is 6.42. The third kappa shape index (κ3) is 3.01. The van der Waals surface area contributed by atoms with Crippen LogP contribution in [0.4, 0.5) is 5.13 Å². The molecule has 0 aliphatic carbocycles. The molecule has 2 aliphatic rings. The molecule has 6 heteroatoms. The molecular weight excluding hydrogens is 360 g/mol. The average molecular weight is 381 g/mol. The van der Waals surface area contributed by atoms with Crippen molar-refractivity contribution in [2.24, 2.45) is 0 Å². The molecule has 4 heterocycles. The third-order valence-electron chi connectivity index (χ3n) is 4.84. The number of fused-ring (bicyclic) bond motifs is 1. The summed E-state index contributed by atoms with van der Waals surface area (Å²) in [7, 11) is 0. The molecule has 2 fully saturated rings. The molecule has 0 aromatic carbocycles. The summed E-state index contributed by atoms with van der Waals surface area (Å²) < 4.78 is 2.20. The van der Waals surface area contributed by atoms with Crippen molar-refractivity contribution >= 4 is 42.7 Å². The number of piperidine rings is 2. The number of rotatable bonds is 2. The minimum absolute atomic E-state index is 0.790. The summed E-state index contributed by atoms with van der Waals surface area (Å²) in [6.45, 7) is 4.87. The number of nitrogens with zero attached hydrogens (tertiary/aromatic N) is 4. The van der Waals surface area contributed by atoms with E-state index in [1.165, 1.54) is 49.9 Å². The summed E-state index contributed by atoms with van der Waals surface area (Å²) in [5.41, 5.74) is 0.876. The van der Waals surface area contributed by atoms with Gasteiger partial charge >= 0.3 is 0 Å². The van der Waals surface area contributed by atoms with Crippen molar-refractivity contribution < 1.29 is 0 Å². The van der Waals surface area contributed by atoms with Gasteiger partial charge in [-0.1, -0.05) is 17.8 Å². The van der Waals surface area contributed by atoms with E-state index in [0.717, 1.165) is 34.4 Å². The van der Waals surface area contributed by atoms with Crippen molar-refractivity contribution in [3.63, 3.8) is 0 Å². The molecule has 4 nitrogen and oxygen atoms in total. The molecule has 0 unspecified atom stereocenters. The molecule has 2 aromatic rings. The van der Waals surface area contributed by atoms with Crippen LogP contribution in [-0.2, 0) is 0 Å². The number of pyridine rings is 1. The van der Waals surface area contributed by atoms with Crippen molar-refractivity contribution in [1.82, 2.24) is 14.9 Å². The molecule has 22 heavy (non-hydrogen) atoms. The normalized spacial score (nSPS) is 21.6. The fraction of sp³-hybridized carbons (Fsp3) is 0.625. The van der Waals surface area contributed by atoms with Crippen LogP contribution in [0.2, 0.25) is 0 Å². The molecule has 4 rings (SSSR count). The van der Waals surface area contributed by atoms with Crippen LogP contribution in [0, 0.1) is 0 Å². The zero-order valence-corrected chi connectivity index (χ0v) is 15.1. The van der Waals surface area contributed by atoms with Gasteiger partial charge in [-0.05, 0) is 60.8 Å². The predicted molar refractivity (Wildman–Crippen MR) is 95.8 cm³/mol. The van der Waals surface area contributed by atoms with Crippen LogP contribution in [0.3, 0.4) is 0 Å². The quantitative estimate of drug-likeness (QED) is 0.790. The molecule has 0 radical (unpaired) electrons. The Morgan fingerprint density at radius 1 is 1.09 bits per heavy atom. The Kier molecular flexibility index (Phi) is 4.33. The van der Waals surface area contributed by atoms with Gasteiger partial charge in [0.1, 0.15) is 0 Å². The summed E-state index contributed by atoms with van der Waals surface area (Å²) in [6, 6.07) is 2.91. The zero-order chi connectivity index (χ0) is 14.9. The zero-order valence-electron chi connectivity index (χ0n) is 12.7. The Hall–Kier alpha value is -0.720. The first-order chi connectivity index (χ1) is 10.8. The molecule has 2 saturated heterocycles. The molecule has 0 atom stereocenters. The smallest absolute Gasteiger partial charge is 0.188 e. The van der Waals surface area contributed by atoms with E-state index in [2.05, 4.69) is 36.8 Å². The van der Waals surface area contributed by atoms with Crippen molar-refractivity contribution in [2.45, 2.75) is 38.1 Å². The number of hydrogen-bond acceptors (Lipinski definition) is 5. The molecule has 0 bridgehead atoms. The fourth-order valence-corrected chi connectivity index (χ4v) is 5.12. The van der Waals surface area contributed by atoms with E-state index < -0.39 is 0 Å². The lowest BCUT2D eigenvalue weighted by Crippen LogP contribution is -2.46. The van der Waals surface area contributed by atoms with Crippen LogP contribution in [0.15, 0.2) is 16.7 Å². The second-order valence-electron chi connectivity index (χ2n) is 6.29. The first-order valence-corrected chi connectivity index (χ1v) is 9.81. The molecule has 0 saturated carbocycles. The van der Waals surface area contributed by atoms with Crippen molar-refractivity contribution in [3.8, 4) is 0 Å². The summed E-state index contributed by atoms with van der Waals surface area (Å²) in [5, 5.41) is 1.14. The van der Waals surface area contributed by atoms with Gasteiger partial charge in [-0.3, -0.25) is 0 Å². The number of thiazole rings is 1. The molecule has 2 aromatic heterocycles. The van der Waals surface area contributed by atoms with Crippen molar-refractivity contribution in [3.05, 3.63) is 16.7 Å². The maximum atomic E-state index is 4.71. The lowest BCUT2D eigenvalue weighted by Gasteiger charge is -2.40. The Labute approximate surface area is 143 Å². The van der Waals surface area contributed by atoms with Crippen molar-refractivity contribution in [2.75, 3.05) is 31.1 Å². The maximum absolute atomic E-state index is 4.71. The number of aromatic nitrogens is 2.